The van der Waals surface area contributed by atoms with Crippen LogP contribution >= 0.6 is 0 Å². The van der Waals surface area contributed by atoms with Crippen LogP contribution in [-0.4, -0.2) is 40.8 Å². The topological polar surface area (TPSA) is 101 Å². The highest BCUT2D eigenvalue weighted by Gasteiger charge is 2.41. The van der Waals surface area contributed by atoms with Gasteiger partial charge in [0.2, 0.25) is 5.43 Å². The monoisotopic (exact) mass is 376 g/mol. The second-order valence-electron chi connectivity index (χ2n) is 7.58. The predicted molar refractivity (Wildman–Crippen MR) is 95.3 cm³/mol. The molecule has 9 heteroatoms. The van der Waals surface area contributed by atoms with E-state index in [0.29, 0.717) is 13.1 Å². The first-order chi connectivity index (χ1) is 12.9. The van der Waals surface area contributed by atoms with E-state index >= 15 is 8.78 Å². The molecule has 7 nitrogen and oxygen atoms in total. The number of nitrogens with one attached hydrogen (secondary N) is 1. The fourth-order valence-electron chi connectivity index (χ4n) is 4.43. The summed E-state index contributed by atoms with van der Waals surface area (Å²) in [4.78, 5) is 25.7. The zero-order valence-electron chi connectivity index (χ0n) is 14.3. The normalized spacial score (nSPS) is 24.1. The maximum Gasteiger partial charge on any atom is 0.341 e. The van der Waals surface area contributed by atoms with Gasteiger partial charge in [-0.15, -0.1) is 0 Å². The van der Waals surface area contributed by atoms with Crippen molar-refractivity contribution >= 4 is 28.2 Å². The lowest BCUT2D eigenvalue weighted by atomic mass is 10.1. The van der Waals surface area contributed by atoms with E-state index in [1.165, 1.54) is 4.57 Å². The fourth-order valence-corrected chi connectivity index (χ4v) is 4.43. The molecule has 3 aliphatic rings. The Hall–Kier alpha value is -2.68. The SMILES string of the molecule is Nc1c(F)c(N2C[C@@H]3C[C@H]2CN3)c(F)c2c1c(=O)c(C(=O)O)cn2C1CC1. The summed E-state index contributed by atoms with van der Waals surface area (Å²) in [5, 5.41) is 12.2. The minimum absolute atomic E-state index is 0.0322. The number of halogens is 2. The molecule has 2 saturated heterocycles. The largest absolute Gasteiger partial charge is 0.477 e. The minimum Gasteiger partial charge on any atom is -0.477 e. The van der Waals surface area contributed by atoms with E-state index in [4.69, 9.17) is 5.73 Å². The Morgan fingerprint density at radius 3 is 2.56 bits per heavy atom. The van der Waals surface area contributed by atoms with Crippen LogP contribution in [-0.2, 0) is 0 Å². The lowest BCUT2D eigenvalue weighted by Gasteiger charge is -2.31. The molecule has 1 aromatic carbocycles. The molecule has 3 fully saturated rings. The van der Waals surface area contributed by atoms with E-state index in [2.05, 4.69) is 5.32 Å². The second kappa shape index (κ2) is 5.41. The van der Waals surface area contributed by atoms with Crippen LogP contribution in [0.25, 0.3) is 10.9 Å². The number of anilines is 2. The van der Waals surface area contributed by atoms with E-state index < -0.39 is 34.3 Å². The quantitative estimate of drug-likeness (QED) is 0.701. The van der Waals surface area contributed by atoms with Crippen molar-refractivity contribution < 1.29 is 18.7 Å². The molecule has 142 valence electrons. The molecule has 1 aliphatic carbocycles. The third kappa shape index (κ3) is 2.21. The van der Waals surface area contributed by atoms with Gasteiger partial charge in [0, 0.05) is 37.4 Å². The summed E-state index contributed by atoms with van der Waals surface area (Å²) >= 11 is 0. The highest BCUT2D eigenvalue weighted by molar-refractivity contribution is 5.99. The Kier molecular flexibility index (Phi) is 3.31. The summed E-state index contributed by atoms with van der Waals surface area (Å²) in [6, 6.07) is 0.0241. The molecule has 27 heavy (non-hydrogen) atoms. The first kappa shape index (κ1) is 16.5. The van der Waals surface area contributed by atoms with Crippen molar-refractivity contribution in [1.29, 1.82) is 0 Å². The number of aromatic nitrogens is 1. The van der Waals surface area contributed by atoms with Crippen LogP contribution in [0.1, 0.15) is 35.7 Å². The molecule has 2 bridgehead atoms. The summed E-state index contributed by atoms with van der Waals surface area (Å²) in [5.74, 6) is -3.27. The standard InChI is InChI=1S/C18H18F2N4O3/c19-12-14(21)11-15(13(20)16(12)23-5-7-3-9(23)4-22-7)24(8-1-2-8)6-10(17(11)25)18(26)27/h6-9,22H,1-5,21H2,(H,26,27)/t7-,9-/m0/s1. The van der Waals surface area contributed by atoms with Gasteiger partial charge in [-0.2, -0.15) is 0 Å². The van der Waals surface area contributed by atoms with Gasteiger partial charge >= 0.3 is 5.97 Å². The maximum atomic E-state index is 15.6. The smallest absolute Gasteiger partial charge is 0.341 e. The molecule has 0 amide bonds. The van der Waals surface area contributed by atoms with Crippen LogP contribution in [0, 0.1) is 11.6 Å². The van der Waals surface area contributed by atoms with Gasteiger partial charge in [-0.3, -0.25) is 4.79 Å². The van der Waals surface area contributed by atoms with Gasteiger partial charge in [0.1, 0.15) is 11.3 Å². The molecule has 4 N–H and O–H groups in total. The first-order valence-corrected chi connectivity index (χ1v) is 8.97. The summed E-state index contributed by atoms with van der Waals surface area (Å²) in [5.41, 5.74) is 3.63. The summed E-state index contributed by atoms with van der Waals surface area (Å²) < 4.78 is 32.1. The van der Waals surface area contributed by atoms with E-state index in [1.807, 2.05) is 0 Å². The number of carboxylic acids is 1. The number of carbonyl (C=O) groups is 1. The van der Waals surface area contributed by atoms with Gasteiger partial charge in [-0.05, 0) is 19.3 Å². The zero-order valence-corrected chi connectivity index (χ0v) is 14.3. The van der Waals surface area contributed by atoms with Crippen molar-refractivity contribution in [2.24, 2.45) is 0 Å². The van der Waals surface area contributed by atoms with Crippen molar-refractivity contribution in [2.45, 2.75) is 37.4 Å². The molecule has 0 radical (unpaired) electrons. The number of piperazine rings is 1. The molecule has 0 unspecified atom stereocenters. The third-order valence-corrected chi connectivity index (χ3v) is 5.88. The Bertz CT molecular complexity index is 1060. The second-order valence-corrected chi connectivity index (χ2v) is 7.58. The average molecular weight is 376 g/mol. The average Bonchev–Trinajstić information content (AvgIpc) is 3.26. The van der Waals surface area contributed by atoms with Crippen molar-refractivity contribution in [3.8, 4) is 0 Å². The van der Waals surface area contributed by atoms with Crippen molar-refractivity contribution in [3.63, 3.8) is 0 Å². The van der Waals surface area contributed by atoms with Crippen molar-refractivity contribution in [3.05, 3.63) is 33.6 Å². The van der Waals surface area contributed by atoms with Crippen LogP contribution in [0.4, 0.5) is 20.2 Å². The highest BCUT2D eigenvalue weighted by atomic mass is 19.1. The minimum atomic E-state index is -1.44. The number of rotatable bonds is 3. The lowest BCUT2D eigenvalue weighted by Crippen LogP contribution is -2.44. The molecule has 2 aliphatic heterocycles. The van der Waals surface area contributed by atoms with Gasteiger partial charge in [-0.1, -0.05) is 0 Å². The third-order valence-electron chi connectivity index (χ3n) is 5.88. The number of nitrogen functional groups attached to an aromatic ring is 1. The number of hydrogen-bond donors (Lipinski definition) is 3. The fraction of sp³-hybridized carbons (Fsp3) is 0.444. The number of hydrogen-bond acceptors (Lipinski definition) is 5. The molecule has 1 aromatic heterocycles. The van der Waals surface area contributed by atoms with Gasteiger partial charge in [-0.25, -0.2) is 13.6 Å². The molecule has 1 saturated carbocycles. The van der Waals surface area contributed by atoms with Crippen LogP contribution < -0.4 is 21.4 Å². The van der Waals surface area contributed by atoms with E-state index in [-0.39, 0.29) is 34.7 Å². The molecule has 3 heterocycles. The molecule has 5 rings (SSSR count). The Morgan fingerprint density at radius 2 is 2.00 bits per heavy atom. The Balaban J connectivity index is 1.85. The van der Waals surface area contributed by atoms with Gasteiger partial charge in [0.15, 0.2) is 11.6 Å². The zero-order chi connectivity index (χ0) is 19.0. The maximum absolute atomic E-state index is 15.6. The Morgan fingerprint density at radius 1 is 1.26 bits per heavy atom. The first-order valence-electron chi connectivity index (χ1n) is 8.97. The number of nitrogens with zero attached hydrogens (tertiary/aromatic N) is 2. The van der Waals surface area contributed by atoms with Gasteiger partial charge in [0.05, 0.1) is 16.6 Å². The molecule has 0 spiro atoms. The number of aromatic carboxylic acids is 1. The number of fused-ring (bicyclic) bond motifs is 3. The van der Waals surface area contributed by atoms with Gasteiger partial charge < -0.3 is 25.6 Å². The van der Waals surface area contributed by atoms with Gasteiger partial charge in [0.25, 0.3) is 0 Å². The number of carboxylic acid groups (broad SMARTS) is 1. The number of pyridine rings is 1. The highest BCUT2D eigenvalue weighted by Crippen LogP contribution is 2.43. The van der Waals surface area contributed by atoms with Crippen LogP contribution in [0.3, 0.4) is 0 Å². The number of nitrogens with two attached hydrogens (primary N) is 1. The molecule has 2 aromatic rings. The lowest BCUT2D eigenvalue weighted by molar-refractivity contribution is 0.0695. The molecular formula is C18H18F2N4O3. The molecule has 2 atom stereocenters. The predicted octanol–water partition coefficient (Wildman–Crippen LogP) is 1.45. The van der Waals surface area contributed by atoms with Crippen LogP contribution in [0.2, 0.25) is 0 Å². The number of benzene rings is 1. The van der Waals surface area contributed by atoms with E-state index in [9.17, 15) is 14.7 Å². The van der Waals surface area contributed by atoms with Crippen molar-refractivity contribution in [2.75, 3.05) is 23.7 Å². The summed E-state index contributed by atoms with van der Waals surface area (Å²) in [7, 11) is 0. The van der Waals surface area contributed by atoms with E-state index in [1.54, 1.807) is 4.90 Å². The van der Waals surface area contributed by atoms with E-state index in [0.717, 1.165) is 25.5 Å². The summed E-state index contributed by atoms with van der Waals surface area (Å²) in [6.07, 6.45) is 3.43. The molecular weight excluding hydrogens is 358 g/mol. The van der Waals surface area contributed by atoms with Crippen molar-refractivity contribution in [1.82, 2.24) is 9.88 Å². The Labute approximate surface area is 152 Å². The van der Waals surface area contributed by atoms with Crippen LogP contribution in [0.5, 0.6) is 0 Å². The van der Waals surface area contributed by atoms with Crippen LogP contribution in [0.15, 0.2) is 11.0 Å². The summed E-state index contributed by atoms with van der Waals surface area (Å²) in [6.45, 7) is 1.10.